The van der Waals surface area contributed by atoms with Crippen molar-refractivity contribution < 1.29 is 23.6 Å². The summed E-state index contributed by atoms with van der Waals surface area (Å²) >= 11 is 0. The van der Waals surface area contributed by atoms with Crippen LogP contribution in [0.5, 0.6) is 0 Å². The molecule has 0 N–H and O–H groups in total. The van der Waals surface area contributed by atoms with Crippen LogP contribution in [0.2, 0.25) is 0 Å². The zero-order chi connectivity index (χ0) is 18.1. The summed E-state index contributed by atoms with van der Waals surface area (Å²) in [6.45, 7) is 11.6. The molecule has 1 aromatic carbocycles. The van der Waals surface area contributed by atoms with Crippen molar-refractivity contribution in [3.05, 3.63) is 34.9 Å². The standard InChI is InChI=1S/C17H23BN2O4/c1-7-22-15(21)14(20-19)13-10-12(9-8-11(13)2)18-23-16(3,4)17(5,6)24-18/h8-10H,7H2,1-6H3. The van der Waals surface area contributed by atoms with Crippen molar-refractivity contribution in [1.29, 1.82) is 0 Å². The van der Waals surface area contributed by atoms with Crippen LogP contribution >= 0.6 is 0 Å². The van der Waals surface area contributed by atoms with Crippen molar-refractivity contribution in [2.45, 2.75) is 52.7 Å². The lowest BCUT2D eigenvalue weighted by molar-refractivity contribution is -0.139. The fourth-order valence-electron chi connectivity index (χ4n) is 2.42. The van der Waals surface area contributed by atoms with E-state index in [1.165, 1.54) is 0 Å². The molecule has 7 heteroatoms. The van der Waals surface area contributed by atoms with Gasteiger partial charge in [-0.15, -0.1) is 0 Å². The van der Waals surface area contributed by atoms with Gasteiger partial charge in [0, 0.05) is 0 Å². The highest BCUT2D eigenvalue weighted by atomic mass is 16.7. The molecule has 0 radical (unpaired) electrons. The molecule has 1 aromatic rings. The number of esters is 1. The Morgan fingerprint density at radius 2 is 1.83 bits per heavy atom. The lowest BCUT2D eigenvalue weighted by atomic mass is 9.77. The van der Waals surface area contributed by atoms with Gasteiger partial charge in [0.15, 0.2) is 0 Å². The largest absolute Gasteiger partial charge is 0.494 e. The normalized spacial score (nSPS) is 18.2. The van der Waals surface area contributed by atoms with Crippen LogP contribution in [0.1, 0.15) is 45.7 Å². The predicted octanol–water partition coefficient (Wildman–Crippen LogP) is 1.88. The Morgan fingerprint density at radius 3 is 2.33 bits per heavy atom. The first kappa shape index (κ1) is 18.4. The Labute approximate surface area is 142 Å². The first-order valence-corrected chi connectivity index (χ1v) is 7.98. The molecule has 0 aromatic heterocycles. The van der Waals surface area contributed by atoms with E-state index < -0.39 is 24.3 Å². The maximum atomic E-state index is 12.0. The van der Waals surface area contributed by atoms with Crippen molar-refractivity contribution in [2.75, 3.05) is 6.61 Å². The molecule has 1 aliphatic heterocycles. The van der Waals surface area contributed by atoms with E-state index >= 15 is 0 Å². The smallest absolute Gasteiger partial charge is 0.457 e. The zero-order valence-electron chi connectivity index (χ0n) is 15.0. The van der Waals surface area contributed by atoms with Crippen LogP contribution in [0, 0.1) is 6.92 Å². The molecule has 0 atom stereocenters. The molecular formula is C17H23BN2O4. The maximum absolute atomic E-state index is 12.0. The van der Waals surface area contributed by atoms with E-state index in [2.05, 4.69) is 4.79 Å². The molecule has 1 heterocycles. The summed E-state index contributed by atoms with van der Waals surface area (Å²) in [7, 11) is -0.559. The van der Waals surface area contributed by atoms with Crippen molar-refractivity contribution in [3.63, 3.8) is 0 Å². The summed E-state index contributed by atoms with van der Waals surface area (Å²) in [5.74, 6) is -0.672. The van der Waals surface area contributed by atoms with E-state index in [0.717, 1.165) is 11.0 Å². The Morgan fingerprint density at radius 1 is 1.25 bits per heavy atom. The quantitative estimate of drug-likeness (QED) is 0.277. The van der Waals surface area contributed by atoms with Crippen molar-refractivity contribution >= 4 is 24.3 Å². The number of rotatable bonds is 4. The van der Waals surface area contributed by atoms with Crippen LogP contribution in [0.15, 0.2) is 18.2 Å². The van der Waals surface area contributed by atoms with Gasteiger partial charge in [0.05, 0.1) is 23.4 Å². The third kappa shape index (κ3) is 3.29. The van der Waals surface area contributed by atoms with Gasteiger partial charge in [-0.3, -0.25) is 0 Å². The van der Waals surface area contributed by atoms with Gasteiger partial charge in [0.1, 0.15) is 0 Å². The Hall–Kier alpha value is -1.95. The predicted molar refractivity (Wildman–Crippen MR) is 91.3 cm³/mol. The number of aryl methyl sites for hydroxylation is 1. The molecule has 1 aliphatic rings. The van der Waals surface area contributed by atoms with Crippen molar-refractivity contribution in [1.82, 2.24) is 0 Å². The van der Waals surface area contributed by atoms with Gasteiger partial charge in [-0.05, 0) is 58.6 Å². The fourth-order valence-corrected chi connectivity index (χ4v) is 2.42. The number of hydrogen-bond acceptors (Lipinski definition) is 4. The molecular weight excluding hydrogens is 307 g/mol. The summed E-state index contributed by atoms with van der Waals surface area (Å²) < 4.78 is 17.0. The molecule has 24 heavy (non-hydrogen) atoms. The van der Waals surface area contributed by atoms with Gasteiger partial charge < -0.3 is 19.6 Å². The number of benzene rings is 1. The van der Waals surface area contributed by atoms with Gasteiger partial charge >= 0.3 is 18.8 Å². The van der Waals surface area contributed by atoms with E-state index in [4.69, 9.17) is 14.0 Å². The molecule has 1 saturated heterocycles. The van der Waals surface area contributed by atoms with Crippen LogP contribution in [-0.2, 0) is 18.8 Å². The van der Waals surface area contributed by atoms with E-state index in [0.29, 0.717) is 5.56 Å². The van der Waals surface area contributed by atoms with E-state index in [1.54, 1.807) is 13.0 Å². The molecule has 0 aliphatic carbocycles. The minimum atomic E-state index is -0.672. The summed E-state index contributed by atoms with van der Waals surface area (Å²) in [5, 5.41) is 0. The summed E-state index contributed by atoms with van der Waals surface area (Å²) in [5.41, 5.74) is 10.2. The lowest BCUT2D eigenvalue weighted by Crippen LogP contribution is -2.41. The lowest BCUT2D eigenvalue weighted by Gasteiger charge is -2.32. The second-order valence-corrected chi connectivity index (χ2v) is 6.83. The van der Waals surface area contributed by atoms with Crippen molar-refractivity contribution in [2.24, 2.45) is 0 Å². The highest BCUT2D eigenvalue weighted by Gasteiger charge is 2.51. The second-order valence-electron chi connectivity index (χ2n) is 6.83. The fraction of sp³-hybridized carbons (Fsp3) is 0.529. The SMILES string of the molecule is CCOC(=O)C(=[N+]=[N-])c1cc(B2OC(C)(C)C(C)(C)O2)ccc1C. The minimum Gasteiger partial charge on any atom is -0.457 e. The van der Waals surface area contributed by atoms with Gasteiger partial charge in [0.2, 0.25) is 0 Å². The highest BCUT2D eigenvalue weighted by molar-refractivity contribution is 6.62. The molecule has 0 saturated carbocycles. The molecule has 0 amide bonds. The average Bonchev–Trinajstić information content (AvgIpc) is 2.70. The Balaban J connectivity index is 2.40. The Bertz CT molecular complexity index is 693. The van der Waals surface area contributed by atoms with Crippen LogP contribution in [0.4, 0.5) is 0 Å². The van der Waals surface area contributed by atoms with Gasteiger partial charge in [-0.1, -0.05) is 12.1 Å². The van der Waals surface area contributed by atoms with Crippen LogP contribution in [0.3, 0.4) is 0 Å². The minimum absolute atomic E-state index is 0.132. The van der Waals surface area contributed by atoms with Gasteiger partial charge in [-0.25, -0.2) is 4.79 Å². The molecule has 1 fully saturated rings. The zero-order valence-corrected chi connectivity index (χ0v) is 15.0. The Kier molecular flexibility index (Phi) is 4.99. The number of hydrogen-bond donors (Lipinski definition) is 0. The molecule has 2 rings (SSSR count). The highest BCUT2D eigenvalue weighted by Crippen LogP contribution is 2.36. The maximum Gasteiger partial charge on any atom is 0.494 e. The number of nitrogens with zero attached hydrogens (tertiary/aromatic N) is 2. The third-order valence-electron chi connectivity index (χ3n) is 4.61. The van der Waals surface area contributed by atoms with Crippen LogP contribution in [-0.4, -0.2) is 41.4 Å². The molecule has 0 unspecified atom stereocenters. The summed E-state index contributed by atoms with van der Waals surface area (Å²) in [4.78, 5) is 15.1. The summed E-state index contributed by atoms with van der Waals surface area (Å²) in [6.07, 6.45) is 0. The van der Waals surface area contributed by atoms with Crippen LogP contribution < -0.4 is 5.46 Å². The number of carbonyl (C=O) groups excluding carboxylic acids is 1. The monoisotopic (exact) mass is 330 g/mol. The first-order valence-electron chi connectivity index (χ1n) is 7.98. The topological polar surface area (TPSA) is 81.2 Å². The number of carbonyl (C=O) groups is 1. The molecule has 0 spiro atoms. The third-order valence-corrected chi connectivity index (χ3v) is 4.61. The molecule has 128 valence electrons. The van der Waals surface area contributed by atoms with E-state index in [-0.39, 0.29) is 12.3 Å². The van der Waals surface area contributed by atoms with E-state index in [9.17, 15) is 10.3 Å². The van der Waals surface area contributed by atoms with Crippen LogP contribution in [0.25, 0.3) is 5.53 Å². The van der Waals surface area contributed by atoms with E-state index in [1.807, 2.05) is 46.8 Å². The van der Waals surface area contributed by atoms with Gasteiger partial charge in [0.25, 0.3) is 0 Å². The average molecular weight is 330 g/mol. The second kappa shape index (κ2) is 6.51. The number of ether oxygens (including phenoxy) is 1. The summed E-state index contributed by atoms with van der Waals surface area (Å²) in [6, 6.07) is 5.45. The van der Waals surface area contributed by atoms with Crippen molar-refractivity contribution in [3.8, 4) is 0 Å². The molecule has 0 bridgehead atoms. The molecule has 6 nitrogen and oxygen atoms in total. The van der Waals surface area contributed by atoms with Gasteiger partial charge in [-0.2, -0.15) is 4.79 Å². The first-order chi connectivity index (χ1) is 11.1.